The van der Waals surface area contributed by atoms with E-state index in [2.05, 4.69) is 15.9 Å². The highest BCUT2D eigenvalue weighted by atomic mass is 79.9. The zero-order valence-electron chi connectivity index (χ0n) is 8.85. The van der Waals surface area contributed by atoms with E-state index in [1.165, 1.54) is 0 Å². The Morgan fingerprint density at radius 2 is 2.13 bits per heavy atom. The van der Waals surface area contributed by atoms with Crippen LogP contribution in [0.5, 0.6) is 0 Å². The molecule has 0 heterocycles. The summed E-state index contributed by atoms with van der Waals surface area (Å²) in [5, 5.41) is 8.80. The van der Waals surface area contributed by atoms with Crippen LogP contribution in [0, 0.1) is 19.7 Å². The number of hydrogen-bond acceptors (Lipinski definition) is 2. The third-order valence-corrected chi connectivity index (χ3v) is 3.32. The first-order valence-corrected chi connectivity index (χ1v) is 5.59. The summed E-state index contributed by atoms with van der Waals surface area (Å²) >= 11 is 3.37. The molecule has 0 saturated carbocycles. The molecular weight excluding hydrogens is 261 g/mol. The molecular formula is C11H15BrFNO. The van der Waals surface area contributed by atoms with Crippen molar-refractivity contribution in [1.82, 2.24) is 0 Å². The van der Waals surface area contributed by atoms with E-state index in [-0.39, 0.29) is 12.4 Å². The second-order valence-electron chi connectivity index (χ2n) is 3.65. The molecule has 0 aliphatic heterocycles. The van der Waals surface area contributed by atoms with E-state index in [1.807, 2.05) is 6.92 Å². The smallest absolute Gasteiger partial charge is 0.131 e. The summed E-state index contributed by atoms with van der Waals surface area (Å²) in [4.78, 5) is 0. The predicted molar refractivity (Wildman–Crippen MR) is 62.2 cm³/mol. The Kier molecular flexibility index (Phi) is 4.25. The third-order valence-electron chi connectivity index (χ3n) is 2.50. The normalized spacial score (nSPS) is 12.9. The topological polar surface area (TPSA) is 46.2 Å². The van der Waals surface area contributed by atoms with Crippen molar-refractivity contribution in [2.24, 2.45) is 5.73 Å². The number of aryl methyl sites for hydroxylation is 1. The average molecular weight is 276 g/mol. The van der Waals surface area contributed by atoms with Gasteiger partial charge in [-0.25, -0.2) is 4.39 Å². The maximum Gasteiger partial charge on any atom is 0.131 e. The molecule has 1 unspecified atom stereocenters. The van der Waals surface area contributed by atoms with Crippen molar-refractivity contribution < 1.29 is 9.50 Å². The van der Waals surface area contributed by atoms with Crippen LogP contribution in [0.2, 0.25) is 0 Å². The standard InChI is InChI=1S/C11H15BrFNO/c1-6-5-8(12)7(2)10(11(6)13)9(14)3-4-15/h5,9,15H,3-4,14H2,1-2H3. The van der Waals surface area contributed by atoms with Gasteiger partial charge in [0.25, 0.3) is 0 Å². The van der Waals surface area contributed by atoms with Crippen LogP contribution in [-0.4, -0.2) is 11.7 Å². The Morgan fingerprint density at radius 3 is 2.67 bits per heavy atom. The lowest BCUT2D eigenvalue weighted by Gasteiger charge is -2.17. The minimum atomic E-state index is -0.453. The van der Waals surface area contributed by atoms with E-state index in [9.17, 15) is 4.39 Å². The Hall–Kier alpha value is -0.450. The van der Waals surface area contributed by atoms with E-state index in [4.69, 9.17) is 10.8 Å². The van der Waals surface area contributed by atoms with Crippen molar-refractivity contribution in [2.45, 2.75) is 26.3 Å². The number of hydrogen-bond donors (Lipinski definition) is 2. The van der Waals surface area contributed by atoms with Crippen molar-refractivity contribution >= 4 is 15.9 Å². The van der Waals surface area contributed by atoms with E-state index < -0.39 is 6.04 Å². The van der Waals surface area contributed by atoms with Gasteiger partial charge < -0.3 is 10.8 Å². The first kappa shape index (κ1) is 12.6. The monoisotopic (exact) mass is 275 g/mol. The quantitative estimate of drug-likeness (QED) is 0.891. The zero-order chi connectivity index (χ0) is 11.6. The first-order valence-electron chi connectivity index (χ1n) is 4.80. The molecule has 1 aromatic rings. The van der Waals surface area contributed by atoms with Crippen LogP contribution in [0.4, 0.5) is 4.39 Å². The zero-order valence-corrected chi connectivity index (χ0v) is 10.4. The highest BCUT2D eigenvalue weighted by Gasteiger charge is 2.17. The summed E-state index contributed by atoms with van der Waals surface area (Å²) < 4.78 is 14.7. The number of halogens is 2. The van der Waals surface area contributed by atoms with Crippen LogP contribution in [0.15, 0.2) is 10.5 Å². The Labute approximate surface area is 97.4 Å². The summed E-state index contributed by atoms with van der Waals surface area (Å²) in [5.74, 6) is -0.267. The van der Waals surface area contributed by atoms with E-state index in [0.717, 1.165) is 10.0 Å². The fourth-order valence-corrected chi connectivity index (χ4v) is 2.15. The van der Waals surface area contributed by atoms with Gasteiger partial charge in [0.2, 0.25) is 0 Å². The lowest BCUT2D eigenvalue weighted by molar-refractivity contribution is 0.275. The van der Waals surface area contributed by atoms with Gasteiger partial charge >= 0.3 is 0 Å². The second-order valence-corrected chi connectivity index (χ2v) is 4.50. The van der Waals surface area contributed by atoms with Crippen molar-refractivity contribution in [1.29, 1.82) is 0 Å². The SMILES string of the molecule is Cc1cc(Br)c(C)c(C(N)CCO)c1F. The molecule has 3 N–H and O–H groups in total. The molecule has 2 nitrogen and oxygen atoms in total. The number of benzene rings is 1. The summed E-state index contributed by atoms with van der Waals surface area (Å²) in [6.45, 7) is 3.49. The van der Waals surface area contributed by atoms with E-state index >= 15 is 0 Å². The van der Waals surface area contributed by atoms with Crippen LogP contribution in [0.3, 0.4) is 0 Å². The molecule has 1 aromatic carbocycles. The maximum absolute atomic E-state index is 13.8. The summed E-state index contributed by atoms with van der Waals surface area (Å²) in [7, 11) is 0. The Bertz CT molecular complexity index is 342. The van der Waals surface area contributed by atoms with Gasteiger partial charge in [-0.2, -0.15) is 0 Å². The molecule has 0 amide bonds. The minimum absolute atomic E-state index is 0.0361. The second kappa shape index (κ2) is 5.05. The van der Waals surface area contributed by atoms with E-state index in [0.29, 0.717) is 17.5 Å². The Morgan fingerprint density at radius 1 is 1.53 bits per heavy atom. The van der Waals surface area contributed by atoms with Crippen LogP contribution in [0.25, 0.3) is 0 Å². The molecule has 84 valence electrons. The number of nitrogens with two attached hydrogens (primary N) is 1. The maximum atomic E-state index is 13.8. The minimum Gasteiger partial charge on any atom is -0.396 e. The number of rotatable bonds is 3. The third kappa shape index (κ3) is 2.56. The molecule has 0 spiro atoms. The van der Waals surface area contributed by atoms with Gasteiger partial charge in [0.05, 0.1) is 0 Å². The highest BCUT2D eigenvalue weighted by Crippen LogP contribution is 2.30. The number of aliphatic hydroxyl groups is 1. The van der Waals surface area contributed by atoms with Gasteiger partial charge in [-0.15, -0.1) is 0 Å². The van der Waals surface area contributed by atoms with Gasteiger partial charge in [0.1, 0.15) is 5.82 Å². The van der Waals surface area contributed by atoms with Crippen molar-refractivity contribution in [3.8, 4) is 0 Å². The van der Waals surface area contributed by atoms with Crippen LogP contribution < -0.4 is 5.73 Å². The molecule has 1 atom stereocenters. The molecule has 15 heavy (non-hydrogen) atoms. The molecule has 0 radical (unpaired) electrons. The molecule has 0 aliphatic rings. The number of aliphatic hydroxyl groups excluding tert-OH is 1. The largest absolute Gasteiger partial charge is 0.396 e. The predicted octanol–water partition coefficient (Wildman–Crippen LogP) is 2.59. The summed E-state index contributed by atoms with van der Waals surface area (Å²) in [6, 6.07) is 1.28. The summed E-state index contributed by atoms with van der Waals surface area (Å²) in [5.41, 5.74) is 7.69. The van der Waals surface area contributed by atoms with Gasteiger partial charge in [-0.05, 0) is 37.5 Å². The van der Waals surface area contributed by atoms with Crippen molar-refractivity contribution in [2.75, 3.05) is 6.61 Å². The van der Waals surface area contributed by atoms with Crippen molar-refractivity contribution in [3.05, 3.63) is 33.0 Å². The van der Waals surface area contributed by atoms with Gasteiger partial charge in [0.15, 0.2) is 0 Å². The molecule has 4 heteroatoms. The molecule has 0 aliphatic carbocycles. The van der Waals surface area contributed by atoms with Gasteiger partial charge in [0, 0.05) is 22.7 Å². The lowest BCUT2D eigenvalue weighted by Crippen LogP contribution is -2.16. The van der Waals surface area contributed by atoms with Crippen LogP contribution >= 0.6 is 15.9 Å². The van der Waals surface area contributed by atoms with Crippen LogP contribution in [0.1, 0.15) is 29.2 Å². The van der Waals surface area contributed by atoms with Gasteiger partial charge in [-0.3, -0.25) is 0 Å². The Balaban J connectivity index is 3.26. The van der Waals surface area contributed by atoms with E-state index in [1.54, 1.807) is 13.0 Å². The molecule has 0 saturated heterocycles. The summed E-state index contributed by atoms with van der Waals surface area (Å²) in [6.07, 6.45) is 0.369. The lowest BCUT2D eigenvalue weighted by atomic mass is 9.97. The fourth-order valence-electron chi connectivity index (χ4n) is 1.59. The molecule has 0 fully saturated rings. The molecule has 0 aromatic heterocycles. The molecule has 0 bridgehead atoms. The molecule has 1 rings (SSSR count). The van der Waals surface area contributed by atoms with Crippen LogP contribution in [-0.2, 0) is 0 Å². The first-order chi connectivity index (χ1) is 6.99. The van der Waals surface area contributed by atoms with Gasteiger partial charge in [-0.1, -0.05) is 15.9 Å². The fraction of sp³-hybridized carbons (Fsp3) is 0.455. The highest BCUT2D eigenvalue weighted by molar-refractivity contribution is 9.10. The van der Waals surface area contributed by atoms with Crippen molar-refractivity contribution in [3.63, 3.8) is 0 Å². The average Bonchev–Trinajstić information content (AvgIpc) is 2.16.